The van der Waals surface area contributed by atoms with E-state index < -0.39 is 5.97 Å². The molecule has 1 fully saturated rings. The van der Waals surface area contributed by atoms with Gasteiger partial charge in [-0.15, -0.1) is 0 Å². The molecule has 0 spiro atoms. The molecule has 1 saturated carbocycles. The van der Waals surface area contributed by atoms with Crippen LogP contribution in [0.25, 0.3) is 0 Å². The molecular weight excluding hydrogens is 436 g/mol. The third-order valence-corrected chi connectivity index (χ3v) is 7.54. The molecule has 6 nitrogen and oxygen atoms in total. The van der Waals surface area contributed by atoms with E-state index in [0.717, 1.165) is 18.9 Å². The number of aryl methyl sites for hydroxylation is 1. The Kier molecular flexibility index (Phi) is 6.73. The number of nitrogens with one attached hydrogen (secondary N) is 1. The number of aromatic nitrogens is 1. The van der Waals surface area contributed by atoms with Crippen molar-refractivity contribution in [3.8, 4) is 0 Å². The van der Waals surface area contributed by atoms with E-state index in [-0.39, 0.29) is 11.6 Å². The quantitative estimate of drug-likeness (QED) is 0.428. The Morgan fingerprint density at radius 2 is 1.91 bits per heavy atom. The molecule has 1 aliphatic heterocycles. The van der Waals surface area contributed by atoms with Gasteiger partial charge in [0.2, 0.25) is 0 Å². The Hall–Kier alpha value is -3.38. The predicted molar refractivity (Wildman–Crippen MR) is 141 cm³/mol. The lowest BCUT2D eigenvalue weighted by molar-refractivity contribution is 0.0697. The van der Waals surface area contributed by atoms with E-state index in [2.05, 4.69) is 76.7 Å². The second-order valence-corrected chi connectivity index (χ2v) is 9.94. The first-order valence-corrected chi connectivity index (χ1v) is 12.6. The van der Waals surface area contributed by atoms with Crippen molar-refractivity contribution >= 4 is 23.0 Å². The van der Waals surface area contributed by atoms with Gasteiger partial charge in [-0.1, -0.05) is 31.0 Å². The summed E-state index contributed by atoms with van der Waals surface area (Å²) >= 11 is 0. The fourth-order valence-electron chi connectivity index (χ4n) is 5.04. The summed E-state index contributed by atoms with van der Waals surface area (Å²) in [5.74, 6) is 0.0189. The number of anilines is 3. The van der Waals surface area contributed by atoms with E-state index in [1.54, 1.807) is 6.20 Å². The maximum atomic E-state index is 11.6. The molecule has 0 saturated heterocycles. The first-order valence-electron chi connectivity index (χ1n) is 12.6. The molecule has 0 amide bonds. The average Bonchev–Trinajstić information content (AvgIpc) is 3.71. The number of fused-ring (bicyclic) bond motifs is 1. The summed E-state index contributed by atoms with van der Waals surface area (Å²) < 4.78 is 0. The van der Waals surface area contributed by atoms with Crippen molar-refractivity contribution in [1.82, 2.24) is 9.88 Å². The number of carboxylic acids is 1. The molecular formula is C29H34N4O2. The van der Waals surface area contributed by atoms with Crippen molar-refractivity contribution in [3.05, 3.63) is 83.2 Å². The molecule has 0 unspecified atom stereocenters. The molecule has 2 aromatic carbocycles. The molecule has 2 aliphatic rings. The van der Waals surface area contributed by atoms with E-state index in [1.165, 1.54) is 66.0 Å². The number of aromatic carboxylic acids is 1. The van der Waals surface area contributed by atoms with Gasteiger partial charge in [0.25, 0.3) is 0 Å². The van der Waals surface area contributed by atoms with Gasteiger partial charge in [0, 0.05) is 37.7 Å². The van der Waals surface area contributed by atoms with Crippen LogP contribution < -0.4 is 10.2 Å². The van der Waals surface area contributed by atoms with Crippen molar-refractivity contribution in [2.24, 2.45) is 5.92 Å². The van der Waals surface area contributed by atoms with Gasteiger partial charge in [-0.05, 0) is 79.3 Å². The van der Waals surface area contributed by atoms with Crippen LogP contribution in [0.3, 0.4) is 0 Å². The summed E-state index contributed by atoms with van der Waals surface area (Å²) in [5, 5.41) is 12.8. The summed E-state index contributed by atoms with van der Waals surface area (Å²) in [4.78, 5) is 20.2. The van der Waals surface area contributed by atoms with E-state index in [0.29, 0.717) is 12.2 Å². The highest BCUT2D eigenvalue weighted by Crippen LogP contribution is 2.35. The predicted octanol–water partition coefficient (Wildman–Crippen LogP) is 5.53. The fraction of sp³-hybridized carbons (Fsp3) is 0.379. The zero-order valence-electron chi connectivity index (χ0n) is 20.6. The van der Waals surface area contributed by atoms with Crippen LogP contribution in [0.2, 0.25) is 0 Å². The first kappa shape index (κ1) is 23.4. The van der Waals surface area contributed by atoms with Crippen molar-refractivity contribution in [1.29, 1.82) is 0 Å². The van der Waals surface area contributed by atoms with Gasteiger partial charge in [0.05, 0.1) is 23.5 Å². The van der Waals surface area contributed by atoms with E-state index in [1.807, 2.05) is 0 Å². The molecule has 6 heteroatoms. The smallest absolute Gasteiger partial charge is 0.337 e. The Labute approximate surface area is 207 Å². The third-order valence-electron chi connectivity index (χ3n) is 7.54. The molecule has 3 aromatic rings. The lowest BCUT2D eigenvalue weighted by Crippen LogP contribution is -2.36. The lowest BCUT2D eigenvalue weighted by atomic mass is 9.92. The Bertz CT molecular complexity index is 1190. The van der Waals surface area contributed by atoms with E-state index >= 15 is 0 Å². The molecule has 1 aliphatic carbocycles. The number of carboxylic acid groups (broad SMARTS) is 1. The molecule has 0 bridgehead atoms. The Morgan fingerprint density at radius 1 is 1.14 bits per heavy atom. The summed E-state index contributed by atoms with van der Waals surface area (Å²) in [5.41, 5.74) is 7.25. The highest BCUT2D eigenvalue weighted by atomic mass is 16.4. The van der Waals surface area contributed by atoms with Gasteiger partial charge >= 0.3 is 5.97 Å². The van der Waals surface area contributed by atoms with Gasteiger partial charge < -0.3 is 15.3 Å². The van der Waals surface area contributed by atoms with Crippen molar-refractivity contribution in [2.45, 2.75) is 38.1 Å². The van der Waals surface area contributed by atoms with Crippen LogP contribution in [-0.4, -0.2) is 48.1 Å². The van der Waals surface area contributed by atoms with Crippen molar-refractivity contribution < 1.29 is 9.90 Å². The number of likely N-dealkylation sites (N-methyl/N-ethyl adjacent to an activating group) is 1. The summed E-state index contributed by atoms with van der Waals surface area (Å²) in [7, 11) is 4.26. The number of carbonyl (C=O) groups is 1. The van der Waals surface area contributed by atoms with Gasteiger partial charge in [0.1, 0.15) is 0 Å². The largest absolute Gasteiger partial charge is 0.478 e. The van der Waals surface area contributed by atoms with Crippen molar-refractivity contribution in [3.63, 3.8) is 0 Å². The summed E-state index contributed by atoms with van der Waals surface area (Å²) in [6.07, 6.45) is 9.43. The second-order valence-electron chi connectivity index (χ2n) is 9.94. The van der Waals surface area contributed by atoms with Crippen LogP contribution in [-0.2, 0) is 12.8 Å². The standard InChI is InChI=1S/C29H34N4O2/c1-32-16-14-22-17-24(33(2)23-9-7-21(8-10-23)6-5-20-3-4-20)11-12-25(22)28(32)19-31-27-18-30-15-13-26(27)29(34)35/h7-13,15,17-18,20,28,31H,3-6,14,16,19H2,1-2H3,(H,34,35)/t28-/m0/s1. The SMILES string of the molecule is CN(c1ccc(CCC2CC2)cc1)c1ccc2c(c1)CCN(C)[C@H]2CNc1cnccc1C(=O)O. The monoisotopic (exact) mass is 470 g/mol. The molecule has 35 heavy (non-hydrogen) atoms. The highest BCUT2D eigenvalue weighted by Gasteiger charge is 2.26. The van der Waals surface area contributed by atoms with Gasteiger partial charge in [-0.2, -0.15) is 0 Å². The van der Waals surface area contributed by atoms with Gasteiger partial charge in [-0.25, -0.2) is 4.79 Å². The molecule has 1 atom stereocenters. The summed E-state index contributed by atoms with van der Waals surface area (Å²) in [6, 6.07) is 17.4. The Balaban J connectivity index is 1.30. The molecule has 2 N–H and O–H groups in total. The van der Waals surface area contributed by atoms with Crippen LogP contribution in [0.1, 0.15) is 52.4 Å². The maximum absolute atomic E-state index is 11.6. The zero-order valence-corrected chi connectivity index (χ0v) is 20.6. The Morgan fingerprint density at radius 3 is 2.66 bits per heavy atom. The number of pyridine rings is 1. The minimum Gasteiger partial charge on any atom is -0.478 e. The van der Waals surface area contributed by atoms with Gasteiger partial charge in [0.15, 0.2) is 0 Å². The topological polar surface area (TPSA) is 68.7 Å². The number of benzene rings is 2. The van der Waals surface area contributed by atoms with Crippen molar-refractivity contribution in [2.75, 3.05) is 37.4 Å². The number of nitrogens with zero attached hydrogens (tertiary/aromatic N) is 3. The normalized spacial score (nSPS) is 17.6. The first-order chi connectivity index (χ1) is 17.0. The molecule has 0 radical (unpaired) electrons. The van der Waals surface area contributed by atoms with Crippen LogP contribution in [0.15, 0.2) is 60.9 Å². The van der Waals surface area contributed by atoms with E-state index in [4.69, 9.17) is 0 Å². The number of rotatable bonds is 9. The van der Waals surface area contributed by atoms with Crippen LogP contribution in [0, 0.1) is 5.92 Å². The van der Waals surface area contributed by atoms with Crippen LogP contribution in [0.4, 0.5) is 17.1 Å². The lowest BCUT2D eigenvalue weighted by Gasteiger charge is -2.36. The second kappa shape index (κ2) is 10.1. The third kappa shape index (κ3) is 5.33. The zero-order chi connectivity index (χ0) is 24.4. The fourth-order valence-corrected chi connectivity index (χ4v) is 5.04. The minimum atomic E-state index is -0.948. The molecule has 182 valence electrons. The van der Waals surface area contributed by atoms with E-state index in [9.17, 15) is 9.90 Å². The van der Waals surface area contributed by atoms with Crippen LogP contribution in [0.5, 0.6) is 0 Å². The molecule has 2 heterocycles. The minimum absolute atomic E-state index is 0.158. The maximum Gasteiger partial charge on any atom is 0.337 e. The molecule has 1 aromatic heterocycles. The van der Waals surface area contributed by atoms with Gasteiger partial charge in [-0.3, -0.25) is 9.88 Å². The number of hydrogen-bond donors (Lipinski definition) is 2. The highest BCUT2D eigenvalue weighted by molar-refractivity contribution is 5.93. The molecule has 5 rings (SSSR count). The summed E-state index contributed by atoms with van der Waals surface area (Å²) in [6.45, 7) is 1.58. The van der Waals surface area contributed by atoms with Crippen LogP contribution >= 0.6 is 0 Å². The number of hydrogen-bond acceptors (Lipinski definition) is 5. The average molecular weight is 471 g/mol.